The Hall–Kier alpha value is -1.09. The summed E-state index contributed by atoms with van der Waals surface area (Å²) in [6, 6.07) is 4.19. The number of ether oxygens (including phenoxy) is 1. The first-order valence-electron chi connectivity index (χ1n) is 5.03. The Balaban J connectivity index is 2.25. The molecule has 0 amide bonds. The zero-order chi connectivity index (χ0) is 9.97. The predicted octanol–water partition coefficient (Wildman–Crippen LogP) is 1.48. The molecule has 2 rings (SSSR count). The van der Waals surface area contributed by atoms with E-state index >= 15 is 0 Å². The standard InChI is InChI=1S/C11H16N2O/c1-8-3-4-10(13-11(8)14-2)9-5-6-12-7-9/h3-4,9,12H,5-7H2,1-2H3. The van der Waals surface area contributed by atoms with Crippen LogP contribution in [0, 0.1) is 6.92 Å². The van der Waals surface area contributed by atoms with E-state index in [4.69, 9.17) is 4.74 Å². The molecule has 1 fully saturated rings. The number of nitrogens with zero attached hydrogens (tertiary/aromatic N) is 1. The molecule has 1 unspecified atom stereocenters. The van der Waals surface area contributed by atoms with E-state index in [1.54, 1.807) is 7.11 Å². The van der Waals surface area contributed by atoms with Crippen LogP contribution in [0.15, 0.2) is 12.1 Å². The third kappa shape index (κ3) is 1.73. The van der Waals surface area contributed by atoms with Crippen molar-refractivity contribution in [1.29, 1.82) is 0 Å². The van der Waals surface area contributed by atoms with Crippen molar-refractivity contribution in [3.63, 3.8) is 0 Å². The van der Waals surface area contributed by atoms with Gasteiger partial charge in [-0.2, -0.15) is 0 Å². The summed E-state index contributed by atoms with van der Waals surface area (Å²) in [5.74, 6) is 1.32. The Kier molecular flexibility index (Phi) is 2.68. The Morgan fingerprint density at radius 1 is 1.50 bits per heavy atom. The van der Waals surface area contributed by atoms with Gasteiger partial charge in [0.1, 0.15) is 0 Å². The molecule has 3 heteroatoms. The van der Waals surface area contributed by atoms with Crippen molar-refractivity contribution < 1.29 is 4.74 Å². The van der Waals surface area contributed by atoms with Crippen LogP contribution >= 0.6 is 0 Å². The zero-order valence-electron chi connectivity index (χ0n) is 8.71. The maximum Gasteiger partial charge on any atom is 0.216 e. The maximum atomic E-state index is 5.21. The normalized spacial score (nSPS) is 21.1. The molecule has 76 valence electrons. The third-order valence-corrected chi connectivity index (χ3v) is 2.74. The van der Waals surface area contributed by atoms with Crippen LogP contribution < -0.4 is 10.1 Å². The van der Waals surface area contributed by atoms with Crippen LogP contribution in [0.25, 0.3) is 0 Å². The number of aromatic nitrogens is 1. The lowest BCUT2D eigenvalue weighted by atomic mass is 10.0. The number of methoxy groups -OCH3 is 1. The molecule has 0 aromatic carbocycles. The molecule has 0 spiro atoms. The third-order valence-electron chi connectivity index (χ3n) is 2.74. The van der Waals surface area contributed by atoms with Gasteiger partial charge in [0.15, 0.2) is 0 Å². The summed E-state index contributed by atoms with van der Waals surface area (Å²) < 4.78 is 5.21. The molecule has 14 heavy (non-hydrogen) atoms. The summed E-state index contributed by atoms with van der Waals surface area (Å²) in [7, 11) is 1.67. The van der Waals surface area contributed by atoms with Gasteiger partial charge in [-0.05, 0) is 26.0 Å². The van der Waals surface area contributed by atoms with Crippen LogP contribution in [0.4, 0.5) is 0 Å². The number of nitrogens with one attached hydrogen (secondary N) is 1. The van der Waals surface area contributed by atoms with E-state index in [-0.39, 0.29) is 0 Å². The fourth-order valence-corrected chi connectivity index (χ4v) is 1.87. The van der Waals surface area contributed by atoms with Gasteiger partial charge in [-0.15, -0.1) is 0 Å². The predicted molar refractivity (Wildman–Crippen MR) is 55.8 cm³/mol. The first-order chi connectivity index (χ1) is 6.81. The Morgan fingerprint density at radius 3 is 3.00 bits per heavy atom. The average molecular weight is 192 g/mol. The van der Waals surface area contributed by atoms with Gasteiger partial charge < -0.3 is 10.1 Å². The summed E-state index contributed by atoms with van der Waals surface area (Å²) >= 11 is 0. The highest BCUT2D eigenvalue weighted by molar-refractivity contribution is 5.28. The topological polar surface area (TPSA) is 34.1 Å². The minimum atomic E-state index is 0.560. The van der Waals surface area contributed by atoms with Crippen molar-refractivity contribution in [2.75, 3.05) is 20.2 Å². The monoisotopic (exact) mass is 192 g/mol. The van der Waals surface area contributed by atoms with E-state index in [1.807, 2.05) is 6.92 Å². The van der Waals surface area contributed by atoms with E-state index in [0.29, 0.717) is 5.92 Å². The molecule has 2 heterocycles. The summed E-state index contributed by atoms with van der Waals surface area (Å²) in [5.41, 5.74) is 2.25. The lowest BCUT2D eigenvalue weighted by Gasteiger charge is -2.10. The molecule has 1 aromatic heterocycles. The van der Waals surface area contributed by atoms with Crippen molar-refractivity contribution in [2.45, 2.75) is 19.3 Å². The maximum absolute atomic E-state index is 5.21. The summed E-state index contributed by atoms with van der Waals surface area (Å²) in [6.45, 7) is 4.16. The van der Waals surface area contributed by atoms with Crippen LogP contribution in [-0.2, 0) is 0 Å². The molecule has 1 saturated heterocycles. The molecule has 0 bridgehead atoms. The Morgan fingerprint density at radius 2 is 2.36 bits per heavy atom. The summed E-state index contributed by atoms with van der Waals surface area (Å²) in [6.07, 6.45) is 1.18. The Bertz CT molecular complexity index is 319. The fourth-order valence-electron chi connectivity index (χ4n) is 1.87. The van der Waals surface area contributed by atoms with E-state index < -0.39 is 0 Å². The summed E-state index contributed by atoms with van der Waals surface area (Å²) in [5, 5.41) is 3.34. The summed E-state index contributed by atoms with van der Waals surface area (Å²) in [4.78, 5) is 4.51. The lowest BCUT2D eigenvalue weighted by molar-refractivity contribution is 0.392. The van der Waals surface area contributed by atoms with E-state index in [2.05, 4.69) is 22.4 Å². The van der Waals surface area contributed by atoms with Gasteiger partial charge in [0.05, 0.1) is 7.11 Å². The first kappa shape index (κ1) is 9.46. The SMILES string of the molecule is COc1nc(C2CCNC2)ccc1C. The molecular weight excluding hydrogens is 176 g/mol. The largest absolute Gasteiger partial charge is 0.481 e. The van der Waals surface area contributed by atoms with Gasteiger partial charge >= 0.3 is 0 Å². The highest BCUT2D eigenvalue weighted by Gasteiger charge is 2.18. The highest BCUT2D eigenvalue weighted by Crippen LogP contribution is 2.24. The molecule has 1 aromatic rings. The quantitative estimate of drug-likeness (QED) is 0.770. The van der Waals surface area contributed by atoms with Crippen LogP contribution in [0.1, 0.15) is 23.6 Å². The van der Waals surface area contributed by atoms with Gasteiger partial charge in [0.2, 0.25) is 5.88 Å². The van der Waals surface area contributed by atoms with Gasteiger partial charge in [0, 0.05) is 23.7 Å². The van der Waals surface area contributed by atoms with Crippen LogP contribution in [-0.4, -0.2) is 25.2 Å². The van der Waals surface area contributed by atoms with Crippen molar-refractivity contribution in [1.82, 2.24) is 10.3 Å². The fraction of sp³-hybridized carbons (Fsp3) is 0.545. The number of hydrogen-bond acceptors (Lipinski definition) is 3. The van der Waals surface area contributed by atoms with E-state index in [9.17, 15) is 0 Å². The number of aryl methyl sites for hydroxylation is 1. The molecule has 1 atom stereocenters. The number of pyridine rings is 1. The molecule has 3 nitrogen and oxygen atoms in total. The van der Waals surface area contributed by atoms with Gasteiger partial charge in [-0.1, -0.05) is 6.07 Å². The van der Waals surface area contributed by atoms with E-state index in [0.717, 1.165) is 30.2 Å². The van der Waals surface area contributed by atoms with Crippen molar-refractivity contribution in [3.8, 4) is 5.88 Å². The first-order valence-corrected chi connectivity index (χ1v) is 5.03. The molecule has 0 radical (unpaired) electrons. The lowest BCUT2D eigenvalue weighted by Crippen LogP contribution is -2.09. The van der Waals surface area contributed by atoms with Crippen LogP contribution in [0.5, 0.6) is 5.88 Å². The minimum absolute atomic E-state index is 0.560. The van der Waals surface area contributed by atoms with Gasteiger partial charge in [-0.25, -0.2) is 4.98 Å². The van der Waals surface area contributed by atoms with Gasteiger partial charge in [-0.3, -0.25) is 0 Å². The molecule has 0 saturated carbocycles. The average Bonchev–Trinajstić information content (AvgIpc) is 2.71. The second kappa shape index (κ2) is 3.96. The van der Waals surface area contributed by atoms with Crippen molar-refractivity contribution >= 4 is 0 Å². The number of hydrogen-bond donors (Lipinski definition) is 1. The van der Waals surface area contributed by atoms with Crippen molar-refractivity contribution in [3.05, 3.63) is 23.4 Å². The Labute approximate surface area is 84.5 Å². The molecular formula is C11H16N2O. The molecule has 1 aliphatic heterocycles. The van der Waals surface area contributed by atoms with Crippen LogP contribution in [0.3, 0.4) is 0 Å². The second-order valence-electron chi connectivity index (χ2n) is 3.75. The zero-order valence-corrected chi connectivity index (χ0v) is 8.71. The molecule has 1 aliphatic rings. The second-order valence-corrected chi connectivity index (χ2v) is 3.75. The van der Waals surface area contributed by atoms with Crippen molar-refractivity contribution in [2.24, 2.45) is 0 Å². The van der Waals surface area contributed by atoms with Crippen LogP contribution in [0.2, 0.25) is 0 Å². The minimum Gasteiger partial charge on any atom is -0.481 e. The molecule has 0 aliphatic carbocycles. The van der Waals surface area contributed by atoms with E-state index in [1.165, 1.54) is 6.42 Å². The van der Waals surface area contributed by atoms with Gasteiger partial charge in [0.25, 0.3) is 0 Å². The highest BCUT2D eigenvalue weighted by atomic mass is 16.5. The number of rotatable bonds is 2. The smallest absolute Gasteiger partial charge is 0.216 e. The molecule has 1 N–H and O–H groups in total.